The van der Waals surface area contributed by atoms with E-state index in [0.29, 0.717) is 16.6 Å². The quantitative estimate of drug-likeness (QED) is 0.525. The Hall–Kier alpha value is -1.85. The number of esters is 1. The van der Waals surface area contributed by atoms with Gasteiger partial charge in [-0.25, -0.2) is 4.79 Å². The fraction of sp³-hybridized carbons (Fsp3) is 0.318. The summed E-state index contributed by atoms with van der Waals surface area (Å²) in [6, 6.07) is 13.6. The largest absolute Gasteiger partial charge is 0.466 e. The smallest absolute Gasteiger partial charge is 0.330 e. The van der Waals surface area contributed by atoms with Gasteiger partial charge in [0.05, 0.1) is 23.3 Å². The summed E-state index contributed by atoms with van der Waals surface area (Å²) in [7, 11) is 1.36. The van der Waals surface area contributed by atoms with Crippen molar-refractivity contribution in [3.05, 3.63) is 75.3 Å². The third kappa shape index (κ3) is 5.15. The molecule has 2 atom stereocenters. The van der Waals surface area contributed by atoms with Gasteiger partial charge in [-0.05, 0) is 54.3 Å². The van der Waals surface area contributed by atoms with Crippen molar-refractivity contribution < 1.29 is 14.6 Å². The van der Waals surface area contributed by atoms with Crippen molar-refractivity contribution in [3.8, 4) is 0 Å². The lowest BCUT2D eigenvalue weighted by Crippen LogP contribution is -2.28. The van der Waals surface area contributed by atoms with Crippen LogP contribution in [0.15, 0.2) is 48.5 Å². The standard InChI is InChI=1S/C22H23Cl2NO3/c1-28-22(27)11-6-15-4-7-16(8-5-15)20-3-2-12-25(20)14-21(26)17-9-10-18(23)19(24)13-17/h4-11,13,20-21,26H,2-3,12,14H2,1H3. The van der Waals surface area contributed by atoms with E-state index >= 15 is 0 Å². The first-order chi connectivity index (χ1) is 13.5. The third-order valence-electron chi connectivity index (χ3n) is 5.03. The van der Waals surface area contributed by atoms with Crippen LogP contribution in [0.3, 0.4) is 0 Å². The summed E-state index contributed by atoms with van der Waals surface area (Å²) >= 11 is 12.0. The van der Waals surface area contributed by atoms with Crippen LogP contribution in [0.5, 0.6) is 0 Å². The van der Waals surface area contributed by atoms with Crippen LogP contribution in [0.4, 0.5) is 0 Å². The highest BCUT2D eigenvalue weighted by atomic mass is 35.5. The third-order valence-corrected chi connectivity index (χ3v) is 5.77. The normalized spacial score (nSPS) is 18.5. The summed E-state index contributed by atoms with van der Waals surface area (Å²) < 4.78 is 4.61. The molecular weight excluding hydrogens is 397 g/mol. The van der Waals surface area contributed by atoms with Crippen LogP contribution in [0.2, 0.25) is 10.0 Å². The number of halogens is 2. The van der Waals surface area contributed by atoms with Crippen molar-refractivity contribution in [1.29, 1.82) is 0 Å². The van der Waals surface area contributed by atoms with Gasteiger partial charge in [-0.2, -0.15) is 0 Å². The lowest BCUT2D eigenvalue weighted by molar-refractivity contribution is -0.134. The second-order valence-electron chi connectivity index (χ2n) is 6.87. The van der Waals surface area contributed by atoms with Gasteiger partial charge in [0.15, 0.2) is 0 Å². The number of hydrogen-bond acceptors (Lipinski definition) is 4. The zero-order chi connectivity index (χ0) is 20.1. The summed E-state index contributed by atoms with van der Waals surface area (Å²) in [6.07, 6.45) is 4.65. The number of carbonyl (C=O) groups excluding carboxylic acids is 1. The van der Waals surface area contributed by atoms with Gasteiger partial charge in [0.2, 0.25) is 0 Å². The fourth-order valence-electron chi connectivity index (χ4n) is 3.53. The SMILES string of the molecule is COC(=O)C=Cc1ccc(C2CCCN2CC(O)c2ccc(Cl)c(Cl)c2)cc1. The lowest BCUT2D eigenvalue weighted by atomic mass is 10.0. The maximum atomic E-state index is 11.2. The van der Waals surface area contributed by atoms with Gasteiger partial charge in [-0.3, -0.25) is 4.90 Å². The number of ether oxygens (including phenoxy) is 1. The van der Waals surface area contributed by atoms with Crippen LogP contribution < -0.4 is 0 Å². The highest BCUT2D eigenvalue weighted by molar-refractivity contribution is 6.42. The Balaban J connectivity index is 1.67. The number of likely N-dealkylation sites (tertiary alicyclic amines) is 1. The van der Waals surface area contributed by atoms with Crippen LogP contribution in [0, 0.1) is 0 Å². The van der Waals surface area contributed by atoms with Gasteiger partial charge in [-0.15, -0.1) is 0 Å². The van der Waals surface area contributed by atoms with E-state index in [1.165, 1.54) is 18.7 Å². The van der Waals surface area contributed by atoms with Gasteiger partial charge in [-0.1, -0.05) is 53.5 Å². The molecule has 148 valence electrons. The maximum Gasteiger partial charge on any atom is 0.330 e. The Morgan fingerprint density at radius 2 is 2.00 bits per heavy atom. The summed E-state index contributed by atoms with van der Waals surface area (Å²) in [4.78, 5) is 13.5. The second-order valence-corrected chi connectivity index (χ2v) is 7.68. The Morgan fingerprint density at radius 3 is 2.68 bits per heavy atom. The van der Waals surface area contributed by atoms with Crippen molar-refractivity contribution >= 4 is 35.2 Å². The van der Waals surface area contributed by atoms with Crippen molar-refractivity contribution in [3.63, 3.8) is 0 Å². The van der Waals surface area contributed by atoms with Gasteiger partial charge >= 0.3 is 5.97 Å². The number of nitrogens with zero attached hydrogens (tertiary/aromatic N) is 1. The van der Waals surface area contributed by atoms with Crippen molar-refractivity contribution in [1.82, 2.24) is 4.90 Å². The molecule has 0 spiro atoms. The molecule has 0 aliphatic carbocycles. The molecule has 1 aliphatic rings. The van der Waals surface area contributed by atoms with E-state index in [2.05, 4.69) is 21.8 Å². The first-order valence-corrected chi connectivity index (χ1v) is 9.96. The van der Waals surface area contributed by atoms with Crippen LogP contribution in [0.25, 0.3) is 6.08 Å². The zero-order valence-corrected chi connectivity index (χ0v) is 17.2. The number of methoxy groups -OCH3 is 1. The Kier molecular flexibility index (Phi) is 7.13. The summed E-state index contributed by atoms with van der Waals surface area (Å²) in [5.41, 5.74) is 2.91. The molecule has 1 fully saturated rings. The molecular formula is C22H23Cl2NO3. The number of aliphatic hydroxyl groups excluding tert-OH is 1. The predicted molar refractivity (Wildman–Crippen MR) is 112 cm³/mol. The molecule has 1 aliphatic heterocycles. The van der Waals surface area contributed by atoms with Crippen LogP contribution in [-0.2, 0) is 9.53 Å². The zero-order valence-electron chi connectivity index (χ0n) is 15.6. The molecule has 1 N–H and O–H groups in total. The van der Waals surface area contributed by atoms with Gasteiger partial charge in [0.1, 0.15) is 0 Å². The molecule has 2 aromatic rings. The lowest BCUT2D eigenvalue weighted by Gasteiger charge is -2.27. The summed E-state index contributed by atoms with van der Waals surface area (Å²) in [6.45, 7) is 1.47. The van der Waals surface area contributed by atoms with Crippen molar-refractivity contribution in [2.75, 3.05) is 20.2 Å². The van der Waals surface area contributed by atoms with E-state index in [-0.39, 0.29) is 12.0 Å². The monoisotopic (exact) mass is 419 g/mol. The minimum absolute atomic E-state index is 0.260. The van der Waals surface area contributed by atoms with Crippen LogP contribution in [-0.4, -0.2) is 36.2 Å². The number of carbonyl (C=O) groups is 1. The van der Waals surface area contributed by atoms with Gasteiger partial charge in [0, 0.05) is 18.7 Å². The van der Waals surface area contributed by atoms with E-state index in [1.54, 1.807) is 18.2 Å². The Morgan fingerprint density at radius 1 is 1.25 bits per heavy atom. The molecule has 4 nitrogen and oxygen atoms in total. The van der Waals surface area contributed by atoms with Crippen LogP contribution in [0.1, 0.15) is 41.7 Å². The average Bonchev–Trinajstić information content (AvgIpc) is 3.16. The first-order valence-electron chi connectivity index (χ1n) is 9.21. The number of β-amino-alcohol motifs (C(OH)–C–C–N with tert-alkyl or cyclic N) is 1. The number of rotatable bonds is 6. The number of benzene rings is 2. The van der Waals surface area contributed by atoms with E-state index in [0.717, 1.165) is 30.5 Å². The predicted octanol–water partition coefficient (Wildman–Crippen LogP) is 5.05. The Labute approximate surface area is 175 Å². The highest BCUT2D eigenvalue weighted by Crippen LogP contribution is 2.34. The van der Waals surface area contributed by atoms with Gasteiger partial charge < -0.3 is 9.84 Å². The molecule has 3 rings (SSSR count). The van der Waals surface area contributed by atoms with Crippen molar-refractivity contribution in [2.24, 2.45) is 0 Å². The minimum Gasteiger partial charge on any atom is -0.466 e. The molecule has 0 bridgehead atoms. The minimum atomic E-state index is -0.627. The molecule has 2 unspecified atom stereocenters. The molecule has 6 heteroatoms. The van der Waals surface area contributed by atoms with E-state index < -0.39 is 6.10 Å². The number of hydrogen-bond donors (Lipinski definition) is 1. The van der Waals surface area contributed by atoms with Crippen LogP contribution >= 0.6 is 23.2 Å². The highest BCUT2D eigenvalue weighted by Gasteiger charge is 2.28. The first kappa shape index (κ1) is 20.9. The summed E-state index contributed by atoms with van der Waals surface area (Å²) in [5, 5.41) is 11.6. The molecule has 28 heavy (non-hydrogen) atoms. The number of aliphatic hydroxyl groups is 1. The molecule has 0 saturated carbocycles. The Bertz CT molecular complexity index is 851. The molecule has 0 amide bonds. The topological polar surface area (TPSA) is 49.8 Å². The van der Waals surface area contributed by atoms with E-state index in [1.807, 2.05) is 18.2 Å². The maximum absolute atomic E-state index is 11.2. The fourth-order valence-corrected chi connectivity index (χ4v) is 3.84. The van der Waals surface area contributed by atoms with Gasteiger partial charge in [0.25, 0.3) is 0 Å². The molecule has 0 aromatic heterocycles. The van der Waals surface area contributed by atoms with Crippen molar-refractivity contribution in [2.45, 2.75) is 25.0 Å². The summed E-state index contributed by atoms with van der Waals surface area (Å²) in [5.74, 6) is -0.373. The van der Waals surface area contributed by atoms with E-state index in [4.69, 9.17) is 23.2 Å². The second kappa shape index (κ2) is 9.57. The molecule has 1 saturated heterocycles. The molecule has 0 radical (unpaired) electrons. The molecule has 1 heterocycles. The molecule has 2 aromatic carbocycles. The van der Waals surface area contributed by atoms with E-state index in [9.17, 15) is 9.90 Å². The average molecular weight is 420 g/mol.